The minimum Gasteiger partial charge on any atom is -0.362 e. The normalized spacial score (nSPS) is 11.2. The van der Waals surface area contributed by atoms with Crippen LogP contribution in [0.2, 0.25) is 0 Å². The molecule has 3 aromatic carbocycles. The molecule has 206 valence electrons. The molecule has 0 saturated carbocycles. The maximum atomic E-state index is 11.9. The molecule has 6 nitrogen and oxygen atoms in total. The second-order valence-electron chi connectivity index (χ2n) is 11.9. The van der Waals surface area contributed by atoms with Crippen molar-refractivity contribution in [2.75, 3.05) is 4.90 Å². The van der Waals surface area contributed by atoms with Crippen LogP contribution in [-0.4, -0.2) is 14.7 Å². The lowest BCUT2D eigenvalue weighted by Gasteiger charge is -2.28. The standard InChI is InChI=1S/C34H38N4O2/c1-23-13-24(2)16-27(15-23)20-37(21-28-17-25(3)14-26(4)18-28)32-10-9-30(38(39)40)19-31(32)33-29(22-36(8)35-33)11-12-34(5,6)7/h9-10,13-19,22H,20-21H2,1-8H3. The Balaban J connectivity index is 1.93. The summed E-state index contributed by atoms with van der Waals surface area (Å²) in [4.78, 5) is 13.8. The fraction of sp³-hybridized carbons (Fsp3) is 0.324. The Morgan fingerprint density at radius 2 is 1.40 bits per heavy atom. The number of nitro groups is 1. The van der Waals surface area contributed by atoms with Crippen LogP contribution < -0.4 is 4.90 Å². The van der Waals surface area contributed by atoms with Crippen LogP contribution in [0.1, 0.15) is 59.7 Å². The largest absolute Gasteiger partial charge is 0.362 e. The number of hydrogen-bond donors (Lipinski definition) is 0. The van der Waals surface area contributed by atoms with Crippen LogP contribution in [0.5, 0.6) is 0 Å². The lowest BCUT2D eigenvalue weighted by molar-refractivity contribution is -0.384. The van der Waals surface area contributed by atoms with Crippen LogP contribution in [0.15, 0.2) is 60.8 Å². The highest BCUT2D eigenvalue weighted by Crippen LogP contribution is 2.37. The van der Waals surface area contributed by atoms with E-state index in [0.29, 0.717) is 24.3 Å². The van der Waals surface area contributed by atoms with Gasteiger partial charge in [0.1, 0.15) is 5.69 Å². The van der Waals surface area contributed by atoms with Crippen molar-refractivity contribution in [1.29, 1.82) is 0 Å². The second-order valence-corrected chi connectivity index (χ2v) is 11.9. The summed E-state index contributed by atoms with van der Waals surface area (Å²) >= 11 is 0. The van der Waals surface area contributed by atoms with Crippen molar-refractivity contribution in [2.45, 2.75) is 61.6 Å². The first-order valence-corrected chi connectivity index (χ1v) is 13.5. The molecule has 4 aromatic rings. The first kappa shape index (κ1) is 28.6. The van der Waals surface area contributed by atoms with Gasteiger partial charge in [0.2, 0.25) is 0 Å². The summed E-state index contributed by atoms with van der Waals surface area (Å²) < 4.78 is 1.72. The number of benzene rings is 3. The third kappa shape index (κ3) is 7.18. The summed E-state index contributed by atoms with van der Waals surface area (Å²) in [5, 5.41) is 16.6. The van der Waals surface area contributed by atoms with Crippen LogP contribution in [0.4, 0.5) is 11.4 Å². The summed E-state index contributed by atoms with van der Waals surface area (Å²) in [7, 11) is 1.85. The Labute approximate surface area is 237 Å². The smallest absolute Gasteiger partial charge is 0.270 e. The molecule has 0 aliphatic heterocycles. The molecule has 0 fully saturated rings. The lowest BCUT2D eigenvalue weighted by Crippen LogP contribution is -2.23. The molecule has 0 aliphatic carbocycles. The van der Waals surface area contributed by atoms with Crippen LogP contribution in [-0.2, 0) is 20.1 Å². The number of nitrogens with zero attached hydrogens (tertiary/aromatic N) is 4. The van der Waals surface area contributed by atoms with Gasteiger partial charge in [-0.25, -0.2) is 0 Å². The van der Waals surface area contributed by atoms with E-state index in [4.69, 9.17) is 5.10 Å². The molecule has 1 heterocycles. The van der Waals surface area contributed by atoms with E-state index in [-0.39, 0.29) is 16.0 Å². The number of rotatable bonds is 7. The van der Waals surface area contributed by atoms with E-state index in [0.717, 1.165) is 11.3 Å². The molecule has 0 amide bonds. The Morgan fingerprint density at radius 1 is 0.875 bits per heavy atom. The van der Waals surface area contributed by atoms with Gasteiger partial charge in [-0.15, -0.1) is 0 Å². The summed E-state index contributed by atoms with van der Waals surface area (Å²) in [6.45, 7) is 15.9. The van der Waals surface area contributed by atoms with Gasteiger partial charge in [0, 0.05) is 55.1 Å². The zero-order valence-electron chi connectivity index (χ0n) is 24.8. The zero-order valence-corrected chi connectivity index (χ0v) is 24.8. The van der Waals surface area contributed by atoms with Gasteiger partial charge < -0.3 is 4.90 Å². The molecular formula is C34H38N4O2. The van der Waals surface area contributed by atoms with E-state index in [1.165, 1.54) is 33.4 Å². The molecule has 0 spiro atoms. The summed E-state index contributed by atoms with van der Waals surface area (Å²) in [6.07, 6.45) is 1.88. The van der Waals surface area contributed by atoms with Crippen LogP contribution in [0.3, 0.4) is 0 Å². The molecular weight excluding hydrogens is 496 g/mol. The molecule has 0 unspecified atom stereocenters. The van der Waals surface area contributed by atoms with Crippen molar-refractivity contribution in [3.05, 3.63) is 110 Å². The van der Waals surface area contributed by atoms with Crippen LogP contribution in [0, 0.1) is 55.1 Å². The number of nitro benzene ring substituents is 1. The topological polar surface area (TPSA) is 64.2 Å². The van der Waals surface area contributed by atoms with Gasteiger partial charge in [-0.3, -0.25) is 14.8 Å². The Morgan fingerprint density at radius 3 is 1.88 bits per heavy atom. The van der Waals surface area contributed by atoms with E-state index >= 15 is 0 Å². The molecule has 40 heavy (non-hydrogen) atoms. The first-order valence-electron chi connectivity index (χ1n) is 13.5. The maximum Gasteiger partial charge on any atom is 0.270 e. The minimum atomic E-state index is -0.352. The average Bonchev–Trinajstić information content (AvgIpc) is 3.20. The first-order chi connectivity index (χ1) is 18.8. The van der Waals surface area contributed by atoms with Gasteiger partial charge in [0.15, 0.2) is 0 Å². The van der Waals surface area contributed by atoms with E-state index < -0.39 is 0 Å². The highest BCUT2D eigenvalue weighted by Gasteiger charge is 2.22. The van der Waals surface area contributed by atoms with Gasteiger partial charge in [-0.1, -0.05) is 70.5 Å². The molecule has 0 bridgehead atoms. The van der Waals surface area contributed by atoms with Crippen molar-refractivity contribution in [2.24, 2.45) is 12.5 Å². The molecule has 0 saturated heterocycles. The predicted molar refractivity (Wildman–Crippen MR) is 163 cm³/mol. The van der Waals surface area contributed by atoms with Crippen molar-refractivity contribution >= 4 is 11.4 Å². The van der Waals surface area contributed by atoms with Crippen molar-refractivity contribution < 1.29 is 4.92 Å². The number of hydrogen-bond acceptors (Lipinski definition) is 4. The van der Waals surface area contributed by atoms with Crippen molar-refractivity contribution in [3.63, 3.8) is 0 Å². The minimum absolute atomic E-state index is 0.0249. The molecule has 4 rings (SSSR count). The number of aromatic nitrogens is 2. The third-order valence-electron chi connectivity index (χ3n) is 6.50. The fourth-order valence-electron chi connectivity index (χ4n) is 5.12. The monoisotopic (exact) mass is 534 g/mol. The summed E-state index contributed by atoms with van der Waals surface area (Å²) in [5.74, 6) is 6.60. The van der Waals surface area contributed by atoms with Crippen LogP contribution >= 0.6 is 0 Å². The maximum absolute atomic E-state index is 11.9. The van der Waals surface area contributed by atoms with Gasteiger partial charge in [-0.05, 0) is 65.7 Å². The highest BCUT2D eigenvalue weighted by molar-refractivity contribution is 5.82. The highest BCUT2D eigenvalue weighted by atomic mass is 16.6. The van der Waals surface area contributed by atoms with Gasteiger partial charge in [0.25, 0.3) is 5.69 Å². The van der Waals surface area contributed by atoms with E-state index in [2.05, 4.69) is 102 Å². The molecule has 0 aliphatic rings. The number of anilines is 1. The fourth-order valence-corrected chi connectivity index (χ4v) is 5.12. The quantitative estimate of drug-likeness (QED) is 0.138. The molecule has 0 radical (unpaired) electrons. The van der Waals surface area contributed by atoms with Crippen molar-refractivity contribution in [3.8, 4) is 23.1 Å². The molecule has 0 N–H and O–H groups in total. The summed E-state index contributed by atoms with van der Waals surface area (Å²) in [6, 6.07) is 18.2. The zero-order chi connectivity index (χ0) is 29.2. The van der Waals surface area contributed by atoms with Gasteiger partial charge >= 0.3 is 0 Å². The Hall–Kier alpha value is -4.37. The van der Waals surface area contributed by atoms with Gasteiger partial charge in [-0.2, -0.15) is 5.10 Å². The number of non-ortho nitro benzene ring substituents is 1. The Bertz CT molecular complexity index is 1540. The number of aryl methyl sites for hydroxylation is 5. The summed E-state index contributed by atoms with van der Waals surface area (Å²) in [5.41, 5.74) is 9.96. The third-order valence-corrected chi connectivity index (χ3v) is 6.50. The van der Waals surface area contributed by atoms with E-state index in [9.17, 15) is 10.1 Å². The van der Waals surface area contributed by atoms with Gasteiger partial charge in [0.05, 0.1) is 10.5 Å². The van der Waals surface area contributed by atoms with Crippen LogP contribution in [0.25, 0.3) is 11.3 Å². The van der Waals surface area contributed by atoms with Crippen molar-refractivity contribution in [1.82, 2.24) is 9.78 Å². The lowest BCUT2D eigenvalue weighted by atomic mass is 9.96. The molecule has 0 atom stereocenters. The molecule has 1 aromatic heterocycles. The second kappa shape index (κ2) is 11.4. The van der Waals surface area contributed by atoms with E-state index in [1.807, 2.05) is 19.3 Å². The Kier molecular flexibility index (Phi) is 8.16. The average molecular weight is 535 g/mol. The SMILES string of the molecule is Cc1cc(C)cc(CN(Cc2cc(C)cc(C)c2)c2ccc([N+](=O)[O-])cc2-c2nn(C)cc2C#CC(C)(C)C)c1. The molecule has 6 heteroatoms. The predicted octanol–water partition coefficient (Wildman–Crippen LogP) is 7.83. The van der Waals surface area contributed by atoms with E-state index in [1.54, 1.807) is 16.8 Å².